The highest BCUT2D eigenvalue weighted by Gasteiger charge is 2.39. The Morgan fingerprint density at radius 2 is 1.50 bits per heavy atom. The quantitative estimate of drug-likeness (QED) is 0.712. The van der Waals surface area contributed by atoms with Crippen molar-refractivity contribution >= 4 is 15.9 Å². The summed E-state index contributed by atoms with van der Waals surface area (Å²) in [6.45, 7) is 15.8. The Hall–Kier alpha value is -1.44. The van der Waals surface area contributed by atoms with Gasteiger partial charge in [0.1, 0.15) is 0 Å². The van der Waals surface area contributed by atoms with Gasteiger partial charge < -0.3 is 10.6 Å². The summed E-state index contributed by atoms with van der Waals surface area (Å²) in [5.74, 6) is -0.0686. The first kappa shape index (κ1) is 25.2. The van der Waals surface area contributed by atoms with E-state index in [2.05, 4.69) is 59.1 Å². The second kappa shape index (κ2) is 8.73. The molecule has 0 radical (unpaired) electrons. The number of nitrogens with one attached hydrogen (secondary N) is 2. The van der Waals surface area contributed by atoms with Crippen molar-refractivity contribution in [3.05, 3.63) is 29.8 Å². The van der Waals surface area contributed by atoms with Gasteiger partial charge in [-0.2, -0.15) is 4.31 Å². The highest BCUT2D eigenvalue weighted by Crippen LogP contribution is 2.30. The third-order valence-electron chi connectivity index (χ3n) is 6.72. The summed E-state index contributed by atoms with van der Waals surface area (Å²) in [4.78, 5) is 13.3. The number of nitrogens with zero attached hydrogens (tertiary/aromatic N) is 1. The molecule has 2 saturated heterocycles. The molecule has 2 fully saturated rings. The lowest BCUT2D eigenvalue weighted by Crippen LogP contribution is -2.62. The van der Waals surface area contributed by atoms with Crippen LogP contribution < -0.4 is 10.6 Å². The lowest BCUT2D eigenvalue weighted by atomic mass is 9.79. The molecule has 2 aliphatic rings. The zero-order valence-corrected chi connectivity index (χ0v) is 21.6. The van der Waals surface area contributed by atoms with Crippen molar-refractivity contribution in [2.75, 3.05) is 13.1 Å². The summed E-state index contributed by atoms with van der Waals surface area (Å²) in [7, 11) is -3.54. The molecule has 2 aliphatic heterocycles. The van der Waals surface area contributed by atoms with Gasteiger partial charge in [-0.25, -0.2) is 8.42 Å². The predicted octanol–water partition coefficient (Wildman–Crippen LogP) is 3.81. The molecule has 6 nitrogen and oxygen atoms in total. The predicted molar refractivity (Wildman–Crippen MR) is 129 cm³/mol. The van der Waals surface area contributed by atoms with Gasteiger partial charge in [-0.15, -0.1) is 0 Å². The van der Waals surface area contributed by atoms with Gasteiger partial charge >= 0.3 is 0 Å². The smallest absolute Gasteiger partial charge is 0.243 e. The Bertz CT molecular complexity index is 906. The number of piperidine rings is 2. The molecular weight excluding hydrogens is 422 g/mol. The molecule has 0 spiro atoms. The minimum absolute atomic E-state index is 0.0210. The SMILES string of the molecule is CC1(C)CC(NC(=O)C2CCN(S(=O)(=O)c3ccc(C(C)(C)C)cc3)CC2)CC(C)(C)N1. The Morgan fingerprint density at radius 3 is 1.97 bits per heavy atom. The van der Waals surface area contributed by atoms with E-state index in [4.69, 9.17) is 0 Å². The Labute approximate surface area is 194 Å². The van der Waals surface area contributed by atoms with E-state index in [1.165, 1.54) is 4.31 Å². The maximum absolute atomic E-state index is 13.1. The van der Waals surface area contributed by atoms with Crippen LogP contribution in [0.3, 0.4) is 0 Å². The fourth-order valence-corrected chi connectivity index (χ4v) is 6.85. The summed E-state index contributed by atoms with van der Waals surface area (Å²) in [5.41, 5.74) is 1.03. The van der Waals surface area contributed by atoms with Crippen molar-refractivity contribution < 1.29 is 13.2 Å². The highest BCUT2D eigenvalue weighted by atomic mass is 32.2. The van der Waals surface area contributed by atoms with Crippen LogP contribution in [0.2, 0.25) is 0 Å². The van der Waals surface area contributed by atoms with Crippen LogP contribution in [0, 0.1) is 5.92 Å². The molecule has 0 saturated carbocycles. The van der Waals surface area contributed by atoms with Crippen LogP contribution in [0.25, 0.3) is 0 Å². The largest absolute Gasteiger partial charge is 0.353 e. The average Bonchev–Trinajstić information content (AvgIpc) is 2.65. The second-order valence-electron chi connectivity index (χ2n) is 12.0. The minimum atomic E-state index is -3.54. The summed E-state index contributed by atoms with van der Waals surface area (Å²) in [6, 6.07) is 7.34. The zero-order chi connectivity index (χ0) is 23.9. The molecule has 0 aromatic heterocycles. The van der Waals surface area contributed by atoms with Crippen molar-refractivity contribution in [3.8, 4) is 0 Å². The minimum Gasteiger partial charge on any atom is -0.353 e. The highest BCUT2D eigenvalue weighted by molar-refractivity contribution is 7.89. The van der Waals surface area contributed by atoms with Gasteiger partial charge in [0.25, 0.3) is 0 Å². The molecule has 2 heterocycles. The van der Waals surface area contributed by atoms with Gasteiger partial charge in [0.15, 0.2) is 0 Å². The zero-order valence-electron chi connectivity index (χ0n) is 20.8. The third kappa shape index (κ3) is 5.91. The van der Waals surface area contributed by atoms with E-state index in [9.17, 15) is 13.2 Å². The summed E-state index contributed by atoms with van der Waals surface area (Å²) >= 11 is 0. The van der Waals surface area contributed by atoms with Crippen LogP contribution in [0.4, 0.5) is 0 Å². The van der Waals surface area contributed by atoms with Crippen molar-refractivity contribution in [3.63, 3.8) is 0 Å². The fourth-order valence-electron chi connectivity index (χ4n) is 5.38. The molecule has 0 atom stereocenters. The molecule has 180 valence electrons. The number of rotatable bonds is 4. The van der Waals surface area contributed by atoms with E-state index in [0.717, 1.165) is 18.4 Å². The van der Waals surface area contributed by atoms with Crippen molar-refractivity contribution in [1.29, 1.82) is 0 Å². The number of benzene rings is 1. The molecule has 0 aliphatic carbocycles. The topological polar surface area (TPSA) is 78.5 Å². The molecule has 0 unspecified atom stereocenters. The van der Waals surface area contributed by atoms with Gasteiger partial charge in [0.05, 0.1) is 4.90 Å². The number of hydrogen-bond donors (Lipinski definition) is 2. The van der Waals surface area contributed by atoms with Gasteiger partial charge in [-0.05, 0) is 76.5 Å². The maximum atomic E-state index is 13.1. The first-order valence-electron chi connectivity index (χ1n) is 11.8. The number of carbonyl (C=O) groups excluding carboxylic acids is 1. The number of sulfonamides is 1. The number of carbonyl (C=O) groups is 1. The van der Waals surface area contributed by atoms with Gasteiger partial charge in [-0.3, -0.25) is 4.79 Å². The van der Waals surface area contributed by atoms with E-state index >= 15 is 0 Å². The van der Waals surface area contributed by atoms with Crippen LogP contribution in [-0.4, -0.2) is 48.8 Å². The normalized spacial score (nSPS) is 23.1. The molecule has 2 N–H and O–H groups in total. The van der Waals surface area contributed by atoms with E-state index in [1.54, 1.807) is 12.1 Å². The molecule has 1 aromatic rings. The van der Waals surface area contributed by atoms with Gasteiger partial charge in [0.2, 0.25) is 15.9 Å². The lowest BCUT2D eigenvalue weighted by Gasteiger charge is -2.47. The Morgan fingerprint density at radius 1 is 1.00 bits per heavy atom. The van der Waals surface area contributed by atoms with Crippen molar-refractivity contribution in [2.45, 2.75) is 102 Å². The number of amides is 1. The Kier molecular flexibility index (Phi) is 6.87. The summed E-state index contributed by atoms with van der Waals surface area (Å²) < 4.78 is 27.7. The molecule has 0 bridgehead atoms. The Balaban J connectivity index is 1.59. The lowest BCUT2D eigenvalue weighted by molar-refractivity contribution is -0.127. The van der Waals surface area contributed by atoms with Gasteiger partial charge in [-0.1, -0.05) is 32.9 Å². The van der Waals surface area contributed by atoms with E-state index in [0.29, 0.717) is 30.8 Å². The maximum Gasteiger partial charge on any atom is 0.243 e. The standard InChI is InChI=1S/C25H41N3O3S/c1-23(2,3)19-8-10-21(11-9-19)32(30,31)28-14-12-18(13-15-28)22(29)26-20-16-24(4,5)27-25(6,7)17-20/h8-11,18,20,27H,12-17H2,1-7H3,(H,26,29). The van der Waals surface area contributed by atoms with Crippen LogP contribution in [0.15, 0.2) is 29.2 Å². The average molecular weight is 464 g/mol. The van der Waals surface area contributed by atoms with Crippen molar-refractivity contribution in [2.24, 2.45) is 5.92 Å². The van der Waals surface area contributed by atoms with Crippen LogP contribution in [0.1, 0.15) is 79.7 Å². The molecule has 7 heteroatoms. The third-order valence-corrected chi connectivity index (χ3v) is 8.63. The summed E-state index contributed by atoms with van der Waals surface area (Å²) in [5, 5.41) is 6.90. The van der Waals surface area contributed by atoms with Crippen LogP contribution in [0.5, 0.6) is 0 Å². The van der Waals surface area contributed by atoms with E-state index < -0.39 is 10.0 Å². The molecule has 32 heavy (non-hydrogen) atoms. The molecular formula is C25H41N3O3S. The molecule has 1 amide bonds. The molecule has 3 rings (SSSR count). The first-order valence-corrected chi connectivity index (χ1v) is 13.2. The van der Waals surface area contributed by atoms with Gasteiger partial charge in [0, 0.05) is 36.1 Å². The monoisotopic (exact) mass is 463 g/mol. The first-order chi connectivity index (χ1) is 14.6. The van der Waals surface area contributed by atoms with E-state index in [-0.39, 0.29) is 34.4 Å². The fraction of sp³-hybridized carbons (Fsp3) is 0.720. The van der Waals surface area contributed by atoms with Crippen LogP contribution >= 0.6 is 0 Å². The second-order valence-corrected chi connectivity index (χ2v) is 13.9. The number of hydrogen-bond acceptors (Lipinski definition) is 4. The van der Waals surface area contributed by atoms with Crippen LogP contribution in [-0.2, 0) is 20.2 Å². The molecule has 1 aromatic carbocycles. The summed E-state index contributed by atoms with van der Waals surface area (Å²) in [6.07, 6.45) is 2.89. The van der Waals surface area contributed by atoms with E-state index in [1.807, 2.05) is 12.1 Å². The van der Waals surface area contributed by atoms with Crippen molar-refractivity contribution in [1.82, 2.24) is 14.9 Å².